The number of halogens is 2. The van der Waals surface area contributed by atoms with E-state index in [0.29, 0.717) is 31.9 Å². The highest BCUT2D eigenvalue weighted by molar-refractivity contribution is 14.1. The molecule has 5 aromatic rings. The van der Waals surface area contributed by atoms with Gasteiger partial charge in [0.15, 0.2) is 0 Å². The number of methoxy groups -OCH3 is 3. The van der Waals surface area contributed by atoms with Crippen molar-refractivity contribution in [3.05, 3.63) is 105 Å². The molecule has 0 N–H and O–H groups in total. The molecule has 4 aromatic carbocycles. The van der Waals surface area contributed by atoms with Crippen molar-refractivity contribution in [1.29, 1.82) is 0 Å². The van der Waals surface area contributed by atoms with Crippen molar-refractivity contribution in [3.8, 4) is 28.6 Å². The predicted octanol–water partition coefficient (Wildman–Crippen LogP) is 5.34. The van der Waals surface area contributed by atoms with Gasteiger partial charge in [0.05, 0.1) is 33.4 Å². The second-order valence-corrected chi connectivity index (χ2v) is 15.7. The van der Waals surface area contributed by atoms with Crippen LogP contribution < -0.4 is 14.2 Å². The summed E-state index contributed by atoms with van der Waals surface area (Å²) in [6.45, 7) is -0.00448. The van der Waals surface area contributed by atoms with Crippen LogP contribution in [0.3, 0.4) is 0 Å². The van der Waals surface area contributed by atoms with Crippen LogP contribution in [0.4, 0.5) is 0 Å². The molecule has 0 fully saturated rings. The maximum absolute atomic E-state index is 14.8. The molecule has 0 spiro atoms. The van der Waals surface area contributed by atoms with Gasteiger partial charge in [-0.15, -0.1) is 10.2 Å². The first-order valence-electron chi connectivity index (χ1n) is 13.9. The van der Waals surface area contributed by atoms with Crippen LogP contribution in [0.1, 0.15) is 16.7 Å². The topological polar surface area (TPSA) is 143 Å². The standard InChI is InChI=1S/C31H29ClIN5O7S2/c1-43-24-10-4-21(5-11-24)18-37(19-22-6-12-25(44-2)13-7-22)47(41,42)30-28(46(32,39)40)17-16-27(33)29(30)31-34-36-38(35-31)20-23-8-14-26(45-3)15-9-23/h4-17H,18-20H2,1-3H3. The molecule has 246 valence electrons. The van der Waals surface area contributed by atoms with Crippen molar-refractivity contribution in [2.24, 2.45) is 0 Å². The molecule has 0 aliphatic rings. The Hall–Kier alpha value is -3.77. The fraction of sp³-hybridized carbons (Fsp3) is 0.194. The third-order valence-corrected chi connectivity index (χ3v) is 11.4. The van der Waals surface area contributed by atoms with Crippen LogP contribution in [-0.2, 0) is 38.7 Å². The van der Waals surface area contributed by atoms with E-state index in [1.807, 2.05) is 34.7 Å². The molecular weight excluding hydrogens is 781 g/mol. The monoisotopic (exact) mass is 809 g/mol. The van der Waals surface area contributed by atoms with Crippen molar-refractivity contribution in [3.63, 3.8) is 0 Å². The second-order valence-electron chi connectivity index (χ2n) is 10.1. The first-order valence-corrected chi connectivity index (χ1v) is 18.7. The third kappa shape index (κ3) is 8.03. The van der Waals surface area contributed by atoms with Gasteiger partial charge in [0.2, 0.25) is 15.8 Å². The average Bonchev–Trinajstić information content (AvgIpc) is 3.52. The SMILES string of the molecule is COc1ccc(CN(Cc2ccc(OC)cc2)S(=O)(=O)c2c(S(=O)(=O)Cl)ccc(I)c2-c2nnn(Cc3ccc(OC)cc3)n2)cc1. The largest absolute Gasteiger partial charge is 0.497 e. The van der Waals surface area contributed by atoms with E-state index < -0.39 is 28.9 Å². The van der Waals surface area contributed by atoms with Gasteiger partial charge in [-0.25, -0.2) is 16.8 Å². The number of nitrogens with zero attached hydrogens (tertiary/aromatic N) is 5. The van der Waals surface area contributed by atoms with Crippen LogP contribution in [0.5, 0.6) is 17.2 Å². The number of benzene rings is 4. The molecule has 0 bridgehead atoms. The molecule has 1 heterocycles. The quantitative estimate of drug-likeness (QED) is 0.113. The molecule has 5 rings (SSSR count). The molecule has 0 radical (unpaired) electrons. The number of tetrazole rings is 1. The van der Waals surface area contributed by atoms with Crippen LogP contribution in [0.15, 0.2) is 94.7 Å². The molecule has 0 aliphatic heterocycles. The number of aromatic nitrogens is 4. The molecule has 0 saturated carbocycles. The van der Waals surface area contributed by atoms with Gasteiger partial charge in [-0.3, -0.25) is 0 Å². The highest BCUT2D eigenvalue weighted by Crippen LogP contribution is 2.38. The van der Waals surface area contributed by atoms with Gasteiger partial charge < -0.3 is 14.2 Å². The van der Waals surface area contributed by atoms with E-state index >= 15 is 0 Å². The molecule has 12 nitrogen and oxygen atoms in total. The van der Waals surface area contributed by atoms with Crippen molar-refractivity contribution < 1.29 is 31.0 Å². The lowest BCUT2D eigenvalue weighted by Crippen LogP contribution is -2.32. The second kappa shape index (κ2) is 14.6. The summed E-state index contributed by atoms with van der Waals surface area (Å²) in [7, 11) is 1.32. The summed E-state index contributed by atoms with van der Waals surface area (Å²) in [5, 5.41) is 12.7. The minimum absolute atomic E-state index is 0.0391. The zero-order valence-electron chi connectivity index (χ0n) is 25.4. The van der Waals surface area contributed by atoms with E-state index in [0.717, 1.165) is 5.56 Å². The van der Waals surface area contributed by atoms with Gasteiger partial charge in [0.25, 0.3) is 9.05 Å². The average molecular weight is 810 g/mol. The van der Waals surface area contributed by atoms with Crippen LogP contribution in [0.2, 0.25) is 0 Å². The van der Waals surface area contributed by atoms with E-state index in [4.69, 9.17) is 24.9 Å². The van der Waals surface area contributed by atoms with E-state index in [9.17, 15) is 16.8 Å². The van der Waals surface area contributed by atoms with Crippen LogP contribution >= 0.6 is 33.3 Å². The minimum atomic E-state index is -4.63. The summed E-state index contributed by atoms with van der Waals surface area (Å²) < 4.78 is 72.8. The summed E-state index contributed by atoms with van der Waals surface area (Å²) in [6, 6.07) is 23.6. The molecule has 0 amide bonds. The summed E-state index contributed by atoms with van der Waals surface area (Å²) in [5.74, 6) is 1.78. The number of sulfonamides is 1. The number of hydrogen-bond acceptors (Lipinski definition) is 10. The van der Waals surface area contributed by atoms with E-state index in [1.165, 1.54) is 35.5 Å². The van der Waals surface area contributed by atoms with Gasteiger partial charge in [-0.2, -0.15) is 9.10 Å². The third-order valence-electron chi connectivity index (χ3n) is 7.13. The maximum atomic E-state index is 14.8. The molecule has 1 aromatic heterocycles. The smallest absolute Gasteiger partial charge is 0.262 e. The van der Waals surface area contributed by atoms with Gasteiger partial charge >= 0.3 is 0 Å². The lowest BCUT2D eigenvalue weighted by molar-refractivity contribution is 0.396. The van der Waals surface area contributed by atoms with Crippen molar-refractivity contribution >= 4 is 52.3 Å². The van der Waals surface area contributed by atoms with Crippen LogP contribution in [0, 0.1) is 3.57 Å². The summed E-state index contributed by atoms with van der Waals surface area (Å²) in [5.41, 5.74) is 2.06. The van der Waals surface area contributed by atoms with Gasteiger partial charge in [0, 0.05) is 27.3 Å². The molecule has 47 heavy (non-hydrogen) atoms. The minimum Gasteiger partial charge on any atom is -0.497 e. The van der Waals surface area contributed by atoms with Gasteiger partial charge in [-0.1, -0.05) is 36.4 Å². The number of ether oxygens (including phenoxy) is 3. The molecule has 0 saturated heterocycles. The Kier molecular flexibility index (Phi) is 10.7. The lowest BCUT2D eigenvalue weighted by Gasteiger charge is -2.25. The lowest BCUT2D eigenvalue weighted by atomic mass is 10.2. The predicted molar refractivity (Wildman–Crippen MR) is 184 cm³/mol. The van der Waals surface area contributed by atoms with Crippen LogP contribution in [-0.4, -0.2) is 62.7 Å². The van der Waals surface area contributed by atoms with Crippen molar-refractivity contribution in [2.75, 3.05) is 21.3 Å². The first kappa shape index (κ1) is 34.6. The van der Waals surface area contributed by atoms with Crippen LogP contribution in [0.25, 0.3) is 11.4 Å². The Morgan fingerprint density at radius 2 is 1.19 bits per heavy atom. The molecule has 0 unspecified atom stereocenters. The fourth-order valence-corrected chi connectivity index (χ4v) is 9.00. The Bertz CT molecular complexity index is 2030. The van der Waals surface area contributed by atoms with Crippen molar-refractivity contribution in [1.82, 2.24) is 24.5 Å². The maximum Gasteiger partial charge on any atom is 0.262 e. The normalized spacial score (nSPS) is 11.9. The summed E-state index contributed by atoms with van der Waals surface area (Å²) in [6.07, 6.45) is 0. The first-order chi connectivity index (χ1) is 22.4. The molecule has 0 aliphatic carbocycles. The summed E-state index contributed by atoms with van der Waals surface area (Å²) in [4.78, 5) is 0.138. The number of hydrogen-bond donors (Lipinski definition) is 0. The Morgan fingerprint density at radius 1 is 0.723 bits per heavy atom. The number of rotatable bonds is 13. The fourth-order valence-electron chi connectivity index (χ4n) is 4.72. The molecule has 16 heteroatoms. The highest BCUT2D eigenvalue weighted by Gasteiger charge is 2.36. The van der Waals surface area contributed by atoms with E-state index in [2.05, 4.69) is 15.4 Å². The Balaban J connectivity index is 1.64. The van der Waals surface area contributed by atoms with Crippen molar-refractivity contribution in [2.45, 2.75) is 29.4 Å². The van der Waals surface area contributed by atoms with E-state index in [1.54, 1.807) is 67.8 Å². The van der Waals surface area contributed by atoms with Gasteiger partial charge in [-0.05, 0) is 93.0 Å². The zero-order valence-corrected chi connectivity index (χ0v) is 29.9. The Morgan fingerprint density at radius 3 is 1.64 bits per heavy atom. The molecule has 0 atom stereocenters. The highest BCUT2D eigenvalue weighted by atomic mass is 127. The van der Waals surface area contributed by atoms with E-state index in [-0.39, 0.29) is 31.0 Å². The van der Waals surface area contributed by atoms with Gasteiger partial charge in [0.1, 0.15) is 27.0 Å². The summed E-state index contributed by atoms with van der Waals surface area (Å²) >= 11 is 1.92. The Labute approximate surface area is 290 Å². The molecular formula is C31H29ClIN5O7S2. The zero-order chi connectivity index (χ0) is 33.8.